The number of nitrogens with zero attached hydrogens (tertiary/aromatic N) is 3. The molecule has 0 atom stereocenters. The first-order chi connectivity index (χ1) is 9.15. The molecule has 0 amide bonds. The van der Waals surface area contributed by atoms with Crippen LogP contribution in [0.4, 0.5) is 11.4 Å². The Hall–Kier alpha value is -2.63. The van der Waals surface area contributed by atoms with Gasteiger partial charge < -0.3 is 11.1 Å². The summed E-state index contributed by atoms with van der Waals surface area (Å²) >= 11 is 0. The molecule has 0 saturated carbocycles. The van der Waals surface area contributed by atoms with Gasteiger partial charge in [0.05, 0.1) is 23.6 Å². The molecule has 2 aromatic rings. The van der Waals surface area contributed by atoms with Crippen molar-refractivity contribution in [1.82, 2.24) is 9.55 Å². The molecule has 0 unspecified atom stereocenters. The van der Waals surface area contributed by atoms with Crippen LogP contribution in [0.2, 0.25) is 0 Å². The molecular formula is C13H14N6. The lowest BCUT2D eigenvalue weighted by Gasteiger charge is -2.18. The van der Waals surface area contributed by atoms with Gasteiger partial charge in [-0.3, -0.25) is 9.98 Å². The molecule has 6 heteroatoms. The minimum Gasteiger partial charge on any atom is -0.381 e. The molecule has 0 bridgehead atoms. The summed E-state index contributed by atoms with van der Waals surface area (Å²) in [6.45, 7) is 2.45. The molecule has 2 heterocycles. The van der Waals surface area contributed by atoms with Crippen LogP contribution in [0.1, 0.15) is 11.5 Å². The van der Waals surface area contributed by atoms with E-state index in [2.05, 4.69) is 15.3 Å². The molecular weight excluding hydrogens is 240 g/mol. The number of nitrogens with two attached hydrogens (primary N) is 1. The number of nitrogens with one attached hydrogen (secondary N) is 2. The van der Waals surface area contributed by atoms with Gasteiger partial charge >= 0.3 is 0 Å². The molecule has 1 aromatic heterocycles. The average molecular weight is 254 g/mol. The SMILES string of the molecule is Cc1cn(C2=Nc3ccccc3NC2)c(C(=N)N)n1. The van der Waals surface area contributed by atoms with Crippen molar-refractivity contribution in [2.45, 2.75) is 6.92 Å². The van der Waals surface area contributed by atoms with Gasteiger partial charge in [-0.05, 0) is 19.1 Å². The number of nitrogen functional groups attached to an aromatic ring is 1. The van der Waals surface area contributed by atoms with Crippen LogP contribution in [0.5, 0.6) is 0 Å². The van der Waals surface area contributed by atoms with Crippen molar-refractivity contribution >= 4 is 23.0 Å². The third kappa shape index (κ3) is 1.97. The van der Waals surface area contributed by atoms with Crippen LogP contribution in [0.3, 0.4) is 0 Å². The lowest BCUT2D eigenvalue weighted by molar-refractivity contribution is 1.04. The Balaban J connectivity index is 2.09. The fourth-order valence-corrected chi connectivity index (χ4v) is 2.10. The zero-order valence-electron chi connectivity index (χ0n) is 10.5. The van der Waals surface area contributed by atoms with E-state index in [1.807, 2.05) is 37.4 Å². The fraction of sp³-hybridized carbons (Fsp3) is 0.154. The van der Waals surface area contributed by atoms with Crippen molar-refractivity contribution in [3.8, 4) is 0 Å². The summed E-state index contributed by atoms with van der Waals surface area (Å²) in [5.74, 6) is 1.15. The van der Waals surface area contributed by atoms with E-state index in [1.165, 1.54) is 0 Å². The number of amidine groups is 1. The van der Waals surface area contributed by atoms with Crippen molar-refractivity contribution < 1.29 is 0 Å². The van der Waals surface area contributed by atoms with E-state index in [-0.39, 0.29) is 5.84 Å². The lowest BCUT2D eigenvalue weighted by atomic mass is 10.2. The van der Waals surface area contributed by atoms with Gasteiger partial charge in [0.2, 0.25) is 0 Å². The Kier molecular flexibility index (Phi) is 2.56. The molecule has 1 aliphatic rings. The summed E-state index contributed by atoms with van der Waals surface area (Å²) in [7, 11) is 0. The van der Waals surface area contributed by atoms with E-state index in [0.717, 1.165) is 22.9 Å². The molecule has 1 aliphatic heterocycles. The molecule has 0 aliphatic carbocycles. The number of aliphatic imine (C=N–C) groups is 1. The first-order valence-electron chi connectivity index (χ1n) is 5.96. The van der Waals surface area contributed by atoms with Gasteiger partial charge in [0.25, 0.3) is 0 Å². The first-order valence-corrected chi connectivity index (χ1v) is 5.96. The number of fused-ring (bicyclic) bond motifs is 1. The molecule has 6 nitrogen and oxygen atoms in total. The van der Waals surface area contributed by atoms with Crippen molar-refractivity contribution in [2.24, 2.45) is 10.7 Å². The number of aromatic nitrogens is 2. The molecule has 4 N–H and O–H groups in total. The predicted octanol–water partition coefficient (Wildman–Crippen LogP) is 1.48. The number of imidazole rings is 1. The molecule has 19 heavy (non-hydrogen) atoms. The number of rotatable bonds is 1. The third-order valence-electron chi connectivity index (χ3n) is 2.94. The smallest absolute Gasteiger partial charge is 0.180 e. The molecule has 0 spiro atoms. The quantitative estimate of drug-likeness (QED) is 0.531. The minimum absolute atomic E-state index is 0.0605. The number of benzene rings is 1. The van der Waals surface area contributed by atoms with E-state index in [1.54, 1.807) is 4.57 Å². The Morgan fingerprint density at radius 1 is 1.42 bits per heavy atom. The molecule has 0 fully saturated rings. The summed E-state index contributed by atoms with van der Waals surface area (Å²) in [6, 6.07) is 7.84. The van der Waals surface area contributed by atoms with E-state index < -0.39 is 0 Å². The Bertz CT molecular complexity index is 682. The Morgan fingerprint density at radius 2 is 2.21 bits per heavy atom. The van der Waals surface area contributed by atoms with Crippen LogP contribution >= 0.6 is 0 Å². The van der Waals surface area contributed by atoms with Crippen LogP contribution in [0, 0.1) is 12.3 Å². The lowest BCUT2D eigenvalue weighted by Crippen LogP contribution is -2.29. The second kappa shape index (κ2) is 4.24. The van der Waals surface area contributed by atoms with Crippen molar-refractivity contribution in [2.75, 3.05) is 11.9 Å². The van der Waals surface area contributed by atoms with Gasteiger partial charge in [-0.1, -0.05) is 12.1 Å². The van der Waals surface area contributed by atoms with Crippen molar-refractivity contribution in [3.05, 3.63) is 42.0 Å². The second-order valence-electron chi connectivity index (χ2n) is 4.39. The minimum atomic E-state index is -0.0605. The van der Waals surface area contributed by atoms with Crippen LogP contribution < -0.4 is 11.1 Å². The van der Waals surface area contributed by atoms with Crippen LogP contribution in [-0.4, -0.2) is 27.8 Å². The zero-order chi connectivity index (χ0) is 13.4. The van der Waals surface area contributed by atoms with Gasteiger partial charge in [0.15, 0.2) is 11.7 Å². The van der Waals surface area contributed by atoms with Crippen molar-refractivity contribution in [1.29, 1.82) is 5.41 Å². The van der Waals surface area contributed by atoms with E-state index in [9.17, 15) is 0 Å². The molecule has 0 radical (unpaired) electrons. The van der Waals surface area contributed by atoms with Gasteiger partial charge in [-0.2, -0.15) is 0 Å². The number of anilines is 1. The highest BCUT2D eigenvalue weighted by atomic mass is 15.2. The number of para-hydroxylation sites is 2. The van der Waals surface area contributed by atoms with Crippen LogP contribution in [0.15, 0.2) is 35.5 Å². The topological polar surface area (TPSA) is 92.1 Å². The summed E-state index contributed by atoms with van der Waals surface area (Å²) in [5, 5.41) is 10.9. The third-order valence-corrected chi connectivity index (χ3v) is 2.94. The van der Waals surface area contributed by atoms with E-state index >= 15 is 0 Å². The molecule has 1 aromatic carbocycles. The van der Waals surface area contributed by atoms with E-state index in [0.29, 0.717) is 12.4 Å². The van der Waals surface area contributed by atoms with Crippen LogP contribution in [0.25, 0.3) is 0 Å². The van der Waals surface area contributed by atoms with Gasteiger partial charge in [-0.25, -0.2) is 9.98 Å². The highest BCUT2D eigenvalue weighted by Crippen LogP contribution is 2.27. The molecule has 0 saturated heterocycles. The monoisotopic (exact) mass is 254 g/mol. The number of hydrogen-bond acceptors (Lipinski definition) is 4. The van der Waals surface area contributed by atoms with Gasteiger partial charge in [0.1, 0.15) is 5.84 Å². The summed E-state index contributed by atoms with van der Waals surface area (Å²) in [4.78, 5) is 8.84. The van der Waals surface area contributed by atoms with E-state index in [4.69, 9.17) is 11.1 Å². The maximum Gasteiger partial charge on any atom is 0.180 e. The zero-order valence-corrected chi connectivity index (χ0v) is 10.5. The summed E-state index contributed by atoms with van der Waals surface area (Å²) < 4.78 is 1.76. The first kappa shape index (κ1) is 11.5. The van der Waals surface area contributed by atoms with Gasteiger partial charge in [-0.15, -0.1) is 0 Å². The summed E-state index contributed by atoms with van der Waals surface area (Å²) in [5.41, 5.74) is 8.25. The molecule has 96 valence electrons. The largest absolute Gasteiger partial charge is 0.381 e. The van der Waals surface area contributed by atoms with Gasteiger partial charge in [0, 0.05) is 6.20 Å². The Labute approximate surface area is 110 Å². The Morgan fingerprint density at radius 3 is 3.00 bits per heavy atom. The predicted molar refractivity (Wildman–Crippen MR) is 75.4 cm³/mol. The maximum atomic E-state index is 7.57. The normalized spacial score (nSPS) is 13.4. The van der Waals surface area contributed by atoms with Crippen molar-refractivity contribution in [3.63, 3.8) is 0 Å². The maximum absolute atomic E-state index is 7.57. The highest BCUT2D eigenvalue weighted by molar-refractivity contribution is 6.01. The number of hydrogen-bond donors (Lipinski definition) is 3. The standard InChI is InChI=1S/C13H14N6/c1-8-7-19(13(17-8)12(14)15)11-6-16-9-4-2-3-5-10(9)18-11/h2-5,7,16H,6H2,1H3,(H3,14,15). The summed E-state index contributed by atoms with van der Waals surface area (Å²) in [6.07, 6.45) is 1.84. The second-order valence-corrected chi connectivity index (χ2v) is 4.39. The highest BCUT2D eigenvalue weighted by Gasteiger charge is 2.17. The number of aryl methyl sites for hydroxylation is 1. The fourth-order valence-electron chi connectivity index (χ4n) is 2.10. The molecule has 3 rings (SSSR count). The average Bonchev–Trinajstić information content (AvgIpc) is 2.80. The van der Waals surface area contributed by atoms with Crippen LogP contribution in [-0.2, 0) is 0 Å².